The predicted molar refractivity (Wildman–Crippen MR) is 113 cm³/mol. The molecule has 168 valence electrons. The molecule has 1 aromatic rings. The minimum Gasteiger partial charge on any atom is -0.480 e. The second-order valence-corrected chi connectivity index (χ2v) is 8.00. The molecule has 0 radical (unpaired) electrons. The van der Waals surface area contributed by atoms with Gasteiger partial charge in [-0.15, -0.1) is 0 Å². The molecule has 1 rings (SSSR count). The molecule has 1 heterocycles. The lowest BCUT2D eigenvalue weighted by Crippen LogP contribution is -2.58. The van der Waals surface area contributed by atoms with Gasteiger partial charge in [0.25, 0.3) is 0 Å². The summed E-state index contributed by atoms with van der Waals surface area (Å²) in [6.45, 7) is 3.21. The van der Waals surface area contributed by atoms with Gasteiger partial charge in [0.1, 0.15) is 18.1 Å². The summed E-state index contributed by atoms with van der Waals surface area (Å²) in [6.07, 6.45) is 5.09. The Balaban J connectivity index is 2.98. The van der Waals surface area contributed by atoms with E-state index in [2.05, 4.69) is 25.9 Å². The number of amides is 3. The molecule has 7 N–H and O–H groups in total. The molecule has 0 aromatic carbocycles. The van der Waals surface area contributed by atoms with E-state index in [0.717, 1.165) is 0 Å². The number of carbonyl (C=O) groups excluding carboxylic acids is 3. The smallest absolute Gasteiger partial charge is 0.326 e. The zero-order valence-electron chi connectivity index (χ0n) is 17.3. The first-order valence-electron chi connectivity index (χ1n) is 9.48. The molecular weight excluding hydrogens is 412 g/mol. The van der Waals surface area contributed by atoms with E-state index in [1.54, 1.807) is 13.8 Å². The third-order valence-corrected chi connectivity index (χ3v) is 4.93. The van der Waals surface area contributed by atoms with Crippen molar-refractivity contribution in [3.05, 3.63) is 18.2 Å². The predicted octanol–water partition coefficient (Wildman–Crippen LogP) is -1.14. The molecule has 12 heteroatoms. The van der Waals surface area contributed by atoms with Gasteiger partial charge in [0.2, 0.25) is 17.7 Å². The number of hydrogen-bond donors (Lipinski definition) is 6. The van der Waals surface area contributed by atoms with Crippen molar-refractivity contribution in [1.29, 1.82) is 0 Å². The fourth-order valence-electron chi connectivity index (χ4n) is 2.62. The van der Waals surface area contributed by atoms with Crippen LogP contribution in [0, 0.1) is 5.92 Å². The quantitative estimate of drug-likeness (QED) is 0.222. The number of aromatic nitrogens is 2. The first kappa shape index (κ1) is 25.4. The van der Waals surface area contributed by atoms with Crippen molar-refractivity contribution in [2.24, 2.45) is 11.7 Å². The van der Waals surface area contributed by atoms with E-state index in [1.807, 2.05) is 6.26 Å². The third-order valence-electron chi connectivity index (χ3n) is 4.29. The van der Waals surface area contributed by atoms with E-state index >= 15 is 0 Å². The average Bonchev–Trinajstić information content (AvgIpc) is 3.20. The molecule has 3 atom stereocenters. The molecular formula is C18H30N6O5S. The van der Waals surface area contributed by atoms with Crippen LogP contribution in [0.2, 0.25) is 0 Å². The summed E-state index contributed by atoms with van der Waals surface area (Å²) in [7, 11) is 0. The fourth-order valence-corrected chi connectivity index (χ4v) is 3.09. The highest BCUT2D eigenvalue weighted by Crippen LogP contribution is 2.07. The van der Waals surface area contributed by atoms with Gasteiger partial charge in [0, 0.05) is 18.3 Å². The van der Waals surface area contributed by atoms with Gasteiger partial charge in [0.05, 0.1) is 12.9 Å². The molecule has 0 saturated carbocycles. The van der Waals surface area contributed by atoms with E-state index in [9.17, 15) is 24.3 Å². The number of thioether (sulfide) groups is 1. The van der Waals surface area contributed by atoms with Crippen LogP contribution in [-0.2, 0) is 25.6 Å². The SMILES string of the molecule is CSCCC(NC(=O)C(Cc1cnc[nH]1)NC(=O)C(NC(=O)CN)C(C)C)C(=O)O. The Morgan fingerprint density at radius 1 is 1.17 bits per heavy atom. The molecule has 11 nitrogen and oxygen atoms in total. The molecule has 0 fully saturated rings. The lowest BCUT2D eigenvalue weighted by molar-refractivity contribution is -0.142. The van der Waals surface area contributed by atoms with Gasteiger partial charge in [-0.3, -0.25) is 14.4 Å². The Labute approximate surface area is 179 Å². The maximum absolute atomic E-state index is 12.8. The van der Waals surface area contributed by atoms with Crippen molar-refractivity contribution < 1.29 is 24.3 Å². The summed E-state index contributed by atoms with van der Waals surface area (Å²) in [5, 5.41) is 17.0. The highest BCUT2D eigenvalue weighted by molar-refractivity contribution is 7.98. The Morgan fingerprint density at radius 2 is 1.83 bits per heavy atom. The van der Waals surface area contributed by atoms with Crippen LogP contribution in [0.1, 0.15) is 26.0 Å². The standard InChI is InChI=1S/C18H30N6O5S/c1-10(2)15(24-14(25)7-19)17(27)23-13(6-11-8-20-9-21-11)16(26)22-12(18(28)29)4-5-30-3/h8-10,12-13,15H,4-7,19H2,1-3H3,(H,20,21)(H,22,26)(H,23,27)(H,24,25)(H,28,29). The first-order valence-corrected chi connectivity index (χ1v) is 10.9. The number of rotatable bonds is 13. The van der Waals surface area contributed by atoms with Gasteiger partial charge in [0.15, 0.2) is 0 Å². The van der Waals surface area contributed by atoms with Crippen LogP contribution in [0.3, 0.4) is 0 Å². The summed E-state index contributed by atoms with van der Waals surface area (Å²) >= 11 is 1.46. The Hall–Kier alpha value is -2.60. The maximum Gasteiger partial charge on any atom is 0.326 e. The van der Waals surface area contributed by atoms with Gasteiger partial charge in [-0.05, 0) is 24.3 Å². The number of carboxylic acid groups (broad SMARTS) is 1. The van der Waals surface area contributed by atoms with Crippen LogP contribution in [0.5, 0.6) is 0 Å². The number of aromatic amines is 1. The molecule has 0 spiro atoms. The van der Waals surface area contributed by atoms with Gasteiger partial charge >= 0.3 is 5.97 Å². The van der Waals surface area contributed by atoms with Crippen molar-refractivity contribution in [3.63, 3.8) is 0 Å². The second-order valence-electron chi connectivity index (χ2n) is 7.02. The van der Waals surface area contributed by atoms with Crippen LogP contribution in [-0.4, -0.2) is 75.4 Å². The third kappa shape index (κ3) is 8.41. The maximum atomic E-state index is 12.8. The molecule has 0 aliphatic carbocycles. The second kappa shape index (κ2) is 12.9. The van der Waals surface area contributed by atoms with Gasteiger partial charge < -0.3 is 31.8 Å². The lowest BCUT2D eigenvalue weighted by Gasteiger charge is -2.26. The van der Waals surface area contributed by atoms with Gasteiger partial charge in [-0.25, -0.2) is 9.78 Å². The zero-order valence-corrected chi connectivity index (χ0v) is 18.1. The number of nitrogens with two attached hydrogens (primary N) is 1. The van der Waals surface area contributed by atoms with E-state index in [-0.39, 0.29) is 25.3 Å². The molecule has 0 saturated heterocycles. The molecule has 3 amide bonds. The molecule has 0 aliphatic heterocycles. The van der Waals surface area contributed by atoms with Crippen LogP contribution < -0.4 is 21.7 Å². The number of imidazole rings is 1. The monoisotopic (exact) mass is 442 g/mol. The van der Waals surface area contributed by atoms with Gasteiger partial charge in [-0.2, -0.15) is 11.8 Å². The minimum atomic E-state index is -1.15. The number of nitrogens with zero attached hydrogens (tertiary/aromatic N) is 1. The van der Waals surface area contributed by atoms with Crippen LogP contribution >= 0.6 is 11.8 Å². The van der Waals surface area contributed by atoms with Crippen molar-refractivity contribution in [2.45, 2.75) is 44.8 Å². The molecule has 1 aromatic heterocycles. The van der Waals surface area contributed by atoms with Crippen molar-refractivity contribution >= 4 is 35.5 Å². The van der Waals surface area contributed by atoms with Crippen molar-refractivity contribution in [3.8, 4) is 0 Å². The fraction of sp³-hybridized carbons (Fsp3) is 0.611. The zero-order chi connectivity index (χ0) is 22.7. The lowest BCUT2D eigenvalue weighted by atomic mass is 10.0. The number of nitrogens with one attached hydrogen (secondary N) is 4. The van der Waals surface area contributed by atoms with E-state index in [4.69, 9.17) is 5.73 Å². The molecule has 0 bridgehead atoms. The summed E-state index contributed by atoms with van der Waals surface area (Å²) in [4.78, 5) is 55.5. The summed E-state index contributed by atoms with van der Waals surface area (Å²) in [6, 6.07) is -3.04. The van der Waals surface area contributed by atoms with Crippen molar-refractivity contribution in [2.75, 3.05) is 18.6 Å². The highest BCUT2D eigenvalue weighted by Gasteiger charge is 2.31. The van der Waals surface area contributed by atoms with Crippen molar-refractivity contribution in [1.82, 2.24) is 25.9 Å². The van der Waals surface area contributed by atoms with E-state index < -0.39 is 41.8 Å². The number of aliphatic carboxylic acids is 1. The normalized spacial score (nSPS) is 13.9. The summed E-state index contributed by atoms with van der Waals surface area (Å²) in [5.41, 5.74) is 5.89. The van der Waals surface area contributed by atoms with E-state index in [1.165, 1.54) is 24.3 Å². The largest absolute Gasteiger partial charge is 0.480 e. The Morgan fingerprint density at radius 3 is 2.33 bits per heavy atom. The average molecular weight is 443 g/mol. The molecule has 0 aliphatic rings. The molecule has 30 heavy (non-hydrogen) atoms. The Kier molecular flexibility index (Phi) is 10.9. The topological polar surface area (TPSA) is 179 Å². The van der Waals surface area contributed by atoms with Gasteiger partial charge in [-0.1, -0.05) is 13.8 Å². The number of carboxylic acids is 1. The highest BCUT2D eigenvalue weighted by atomic mass is 32.2. The van der Waals surface area contributed by atoms with E-state index in [0.29, 0.717) is 11.4 Å². The summed E-state index contributed by atoms with van der Waals surface area (Å²) < 4.78 is 0. The van der Waals surface area contributed by atoms with Crippen LogP contribution in [0.15, 0.2) is 12.5 Å². The van der Waals surface area contributed by atoms with Crippen LogP contribution in [0.25, 0.3) is 0 Å². The minimum absolute atomic E-state index is 0.0715. The number of H-pyrrole nitrogens is 1. The Bertz CT molecular complexity index is 712. The number of hydrogen-bond acceptors (Lipinski definition) is 7. The molecule has 3 unspecified atom stereocenters. The first-order chi connectivity index (χ1) is 14.2. The summed E-state index contributed by atoms with van der Waals surface area (Å²) in [5.74, 6) is -2.57. The van der Waals surface area contributed by atoms with Crippen LogP contribution in [0.4, 0.5) is 0 Å². The number of carbonyl (C=O) groups is 4.